The van der Waals surface area contributed by atoms with Crippen molar-refractivity contribution in [3.63, 3.8) is 0 Å². The Morgan fingerprint density at radius 1 is 1.08 bits per heavy atom. The Morgan fingerprint density at radius 2 is 1.88 bits per heavy atom. The molecule has 1 aromatic carbocycles. The number of rotatable bonds is 2. The van der Waals surface area contributed by atoms with Crippen molar-refractivity contribution in [2.45, 2.75) is 13.8 Å². The van der Waals surface area contributed by atoms with Crippen molar-refractivity contribution in [3.8, 4) is 5.82 Å². The lowest BCUT2D eigenvalue weighted by molar-refractivity contribution is 0.450. The summed E-state index contributed by atoms with van der Waals surface area (Å²) in [5.74, 6) is 1.31. The second-order valence-corrected chi connectivity index (χ2v) is 5.75. The van der Waals surface area contributed by atoms with Gasteiger partial charge in [0.2, 0.25) is 5.58 Å². The van der Waals surface area contributed by atoms with Gasteiger partial charge in [-0.25, -0.2) is 19.6 Å². The van der Waals surface area contributed by atoms with Gasteiger partial charge in [-0.1, -0.05) is 11.6 Å². The fourth-order valence-electron chi connectivity index (χ4n) is 2.66. The molecule has 3 aromatic heterocycles. The Bertz CT molecular complexity index is 1240. The Labute approximate surface area is 140 Å². The smallest absolute Gasteiger partial charge is 0.414 e. The SMILES string of the molecule is CC(C)=Cc1nc2c3oc(=O)c(=O)oc3ccc2n1-c1ccccn1. The first kappa shape index (κ1) is 15.1. The molecule has 124 valence electrons. The van der Waals surface area contributed by atoms with E-state index >= 15 is 0 Å². The number of benzene rings is 1. The van der Waals surface area contributed by atoms with Crippen LogP contribution in [-0.4, -0.2) is 14.5 Å². The lowest BCUT2D eigenvalue weighted by atomic mass is 10.3. The highest BCUT2D eigenvalue weighted by Gasteiger charge is 2.17. The minimum absolute atomic E-state index is 0.139. The van der Waals surface area contributed by atoms with Crippen molar-refractivity contribution in [1.29, 1.82) is 0 Å². The molecular weight excluding hydrogens is 322 g/mol. The quantitative estimate of drug-likeness (QED) is 0.523. The molecule has 0 spiro atoms. The zero-order valence-electron chi connectivity index (χ0n) is 13.5. The summed E-state index contributed by atoms with van der Waals surface area (Å²) >= 11 is 0. The predicted molar refractivity (Wildman–Crippen MR) is 92.8 cm³/mol. The minimum atomic E-state index is -1.06. The van der Waals surface area contributed by atoms with Gasteiger partial charge in [0.1, 0.15) is 17.2 Å². The third-order valence-corrected chi connectivity index (χ3v) is 3.63. The van der Waals surface area contributed by atoms with Crippen molar-refractivity contribution < 1.29 is 8.83 Å². The molecule has 3 heterocycles. The molecule has 0 fully saturated rings. The largest absolute Gasteiger partial charge is 0.423 e. The van der Waals surface area contributed by atoms with Crippen molar-refractivity contribution in [1.82, 2.24) is 14.5 Å². The van der Waals surface area contributed by atoms with Crippen LogP contribution in [0.3, 0.4) is 0 Å². The van der Waals surface area contributed by atoms with Crippen molar-refractivity contribution in [2.24, 2.45) is 0 Å². The van der Waals surface area contributed by atoms with Gasteiger partial charge < -0.3 is 8.83 Å². The predicted octanol–water partition coefficient (Wildman–Crippen LogP) is 2.90. The van der Waals surface area contributed by atoms with E-state index in [2.05, 4.69) is 9.97 Å². The Kier molecular flexibility index (Phi) is 3.35. The Morgan fingerprint density at radius 3 is 2.60 bits per heavy atom. The number of nitrogens with zero attached hydrogens (tertiary/aromatic N) is 3. The maximum Gasteiger partial charge on any atom is 0.423 e. The Balaban J connectivity index is 2.17. The van der Waals surface area contributed by atoms with Crippen LogP contribution in [0.1, 0.15) is 19.7 Å². The van der Waals surface area contributed by atoms with E-state index < -0.39 is 11.3 Å². The molecule has 0 radical (unpaired) electrons. The highest BCUT2D eigenvalue weighted by molar-refractivity contribution is 5.99. The molecule has 4 rings (SSSR count). The molecule has 0 unspecified atom stereocenters. The van der Waals surface area contributed by atoms with E-state index in [4.69, 9.17) is 8.83 Å². The van der Waals surface area contributed by atoms with E-state index in [0.717, 1.165) is 5.57 Å². The molecule has 25 heavy (non-hydrogen) atoms. The lowest BCUT2D eigenvalue weighted by Gasteiger charge is -2.06. The third-order valence-electron chi connectivity index (χ3n) is 3.63. The minimum Gasteiger partial charge on any atom is -0.414 e. The number of hydrogen-bond acceptors (Lipinski definition) is 6. The fraction of sp³-hybridized carbons (Fsp3) is 0.111. The van der Waals surface area contributed by atoms with E-state index in [0.29, 0.717) is 22.7 Å². The number of allylic oxidation sites excluding steroid dienone is 1. The molecule has 0 amide bonds. The topological polar surface area (TPSA) is 91.1 Å². The summed E-state index contributed by atoms with van der Waals surface area (Å²) in [4.78, 5) is 31.9. The average molecular weight is 335 g/mol. The maximum absolute atomic E-state index is 11.6. The maximum atomic E-state index is 11.6. The van der Waals surface area contributed by atoms with Gasteiger partial charge in [0.25, 0.3) is 0 Å². The van der Waals surface area contributed by atoms with E-state index in [1.807, 2.05) is 42.7 Å². The van der Waals surface area contributed by atoms with Crippen LogP contribution in [-0.2, 0) is 0 Å². The van der Waals surface area contributed by atoms with Crippen molar-refractivity contribution >= 4 is 28.3 Å². The molecule has 4 aromatic rings. The van der Waals surface area contributed by atoms with Crippen molar-refractivity contribution in [2.75, 3.05) is 0 Å². The fourth-order valence-corrected chi connectivity index (χ4v) is 2.66. The molecule has 0 aliphatic carbocycles. The van der Waals surface area contributed by atoms with Crippen molar-refractivity contribution in [3.05, 3.63) is 68.8 Å². The third kappa shape index (κ3) is 2.46. The van der Waals surface area contributed by atoms with E-state index in [9.17, 15) is 9.59 Å². The number of hydrogen-bond donors (Lipinski definition) is 0. The van der Waals surface area contributed by atoms with Crippen LogP contribution in [0.4, 0.5) is 0 Å². The van der Waals surface area contributed by atoms with Crippen LogP contribution < -0.4 is 11.3 Å². The molecule has 0 saturated carbocycles. The molecule has 7 heteroatoms. The zero-order valence-corrected chi connectivity index (χ0v) is 13.5. The van der Waals surface area contributed by atoms with Gasteiger partial charge in [0.05, 0.1) is 5.52 Å². The highest BCUT2D eigenvalue weighted by atomic mass is 16.5. The van der Waals surface area contributed by atoms with E-state index in [-0.39, 0.29) is 11.2 Å². The summed E-state index contributed by atoms with van der Waals surface area (Å²) in [6.45, 7) is 3.92. The van der Waals surface area contributed by atoms with Crippen LogP contribution in [0.25, 0.3) is 34.1 Å². The first-order valence-corrected chi connectivity index (χ1v) is 7.60. The average Bonchev–Trinajstić information content (AvgIpc) is 2.94. The molecule has 0 saturated heterocycles. The second kappa shape index (κ2) is 5.55. The van der Waals surface area contributed by atoms with Gasteiger partial charge in [-0.2, -0.15) is 0 Å². The van der Waals surface area contributed by atoms with Gasteiger partial charge in [-0.15, -0.1) is 0 Å². The van der Waals surface area contributed by atoms with Gasteiger partial charge in [-0.3, -0.25) is 4.57 Å². The van der Waals surface area contributed by atoms with Gasteiger partial charge >= 0.3 is 11.3 Å². The van der Waals surface area contributed by atoms with Crippen LogP contribution in [0.15, 0.2) is 60.5 Å². The number of aromatic nitrogens is 3. The van der Waals surface area contributed by atoms with Crippen LogP contribution in [0.2, 0.25) is 0 Å². The molecule has 0 aliphatic heterocycles. The second-order valence-electron chi connectivity index (χ2n) is 5.75. The summed E-state index contributed by atoms with van der Waals surface area (Å²) in [7, 11) is 0. The molecule has 0 bridgehead atoms. The summed E-state index contributed by atoms with van der Waals surface area (Å²) in [5, 5.41) is 0. The number of fused-ring (bicyclic) bond motifs is 3. The molecule has 0 N–H and O–H groups in total. The summed E-state index contributed by atoms with van der Waals surface area (Å²) < 4.78 is 12.0. The monoisotopic (exact) mass is 335 g/mol. The van der Waals surface area contributed by atoms with Gasteiger partial charge in [-0.05, 0) is 44.2 Å². The first-order valence-electron chi connectivity index (χ1n) is 7.60. The summed E-state index contributed by atoms with van der Waals surface area (Å²) in [5.41, 5.74) is 0.375. The van der Waals surface area contributed by atoms with E-state index in [1.165, 1.54) is 0 Å². The molecule has 7 nitrogen and oxygen atoms in total. The summed E-state index contributed by atoms with van der Waals surface area (Å²) in [6.07, 6.45) is 3.59. The van der Waals surface area contributed by atoms with Crippen LogP contribution in [0.5, 0.6) is 0 Å². The normalized spacial score (nSPS) is 11.1. The Hall–Kier alpha value is -3.48. The van der Waals surface area contributed by atoms with Gasteiger partial charge in [0, 0.05) is 6.20 Å². The molecule has 0 atom stereocenters. The first-order chi connectivity index (χ1) is 12.0. The van der Waals surface area contributed by atoms with Crippen LogP contribution in [0, 0.1) is 0 Å². The summed E-state index contributed by atoms with van der Waals surface area (Å²) in [6, 6.07) is 8.89. The standard InChI is InChI=1S/C18H13N3O4/c1-10(2)9-14-20-15-11(21(14)13-5-3-4-8-19-13)6-7-12-16(15)25-18(23)17(22)24-12/h3-9H,1-2H3. The van der Waals surface area contributed by atoms with Crippen LogP contribution >= 0.6 is 0 Å². The molecular formula is C18H13N3O4. The highest BCUT2D eigenvalue weighted by Crippen LogP contribution is 2.27. The molecule has 0 aliphatic rings. The zero-order chi connectivity index (χ0) is 17.6. The lowest BCUT2D eigenvalue weighted by Crippen LogP contribution is -2.20. The number of imidazole rings is 1. The van der Waals surface area contributed by atoms with E-state index in [1.54, 1.807) is 18.3 Å². The van der Waals surface area contributed by atoms with Gasteiger partial charge in [0.15, 0.2) is 5.58 Å². The number of pyridine rings is 1.